The summed E-state index contributed by atoms with van der Waals surface area (Å²) in [5.74, 6) is 0. The standard InChI is InChI=1S/C21H18ClN2/c22-19-11-5-4-10-18(19)15-24-16-23(14-17-8-2-1-3-9-17)20-12-6-7-13-21(20)24/h1-13,16H,14-15H2/q+1. The predicted octanol–water partition coefficient (Wildman–Crippen LogP) is 4.68. The molecule has 0 amide bonds. The summed E-state index contributed by atoms with van der Waals surface area (Å²) in [7, 11) is 0. The van der Waals surface area contributed by atoms with Crippen molar-refractivity contribution in [2.75, 3.05) is 0 Å². The van der Waals surface area contributed by atoms with Crippen LogP contribution in [-0.2, 0) is 13.1 Å². The summed E-state index contributed by atoms with van der Waals surface area (Å²) in [4.78, 5) is 0. The van der Waals surface area contributed by atoms with Gasteiger partial charge in [-0.3, -0.25) is 0 Å². The van der Waals surface area contributed by atoms with Gasteiger partial charge in [-0.1, -0.05) is 72.3 Å². The molecule has 118 valence electrons. The predicted molar refractivity (Wildman–Crippen MR) is 98.2 cm³/mol. The van der Waals surface area contributed by atoms with Crippen LogP contribution in [0.15, 0.2) is 85.2 Å². The fraction of sp³-hybridized carbons (Fsp3) is 0.0952. The Labute approximate surface area is 146 Å². The maximum Gasteiger partial charge on any atom is 0.245 e. The largest absolute Gasteiger partial charge is 0.245 e. The zero-order chi connectivity index (χ0) is 16.4. The minimum atomic E-state index is 0.766. The van der Waals surface area contributed by atoms with Gasteiger partial charge in [0.15, 0.2) is 11.0 Å². The fourth-order valence-corrected chi connectivity index (χ4v) is 3.28. The molecule has 0 bridgehead atoms. The lowest BCUT2D eigenvalue weighted by atomic mass is 10.2. The van der Waals surface area contributed by atoms with E-state index in [0.717, 1.165) is 23.7 Å². The number of benzene rings is 3. The van der Waals surface area contributed by atoms with E-state index in [2.05, 4.69) is 76.1 Å². The maximum atomic E-state index is 6.34. The minimum Gasteiger partial charge on any atom is -0.226 e. The monoisotopic (exact) mass is 333 g/mol. The van der Waals surface area contributed by atoms with Gasteiger partial charge >= 0.3 is 0 Å². The van der Waals surface area contributed by atoms with Crippen LogP contribution in [0, 0.1) is 0 Å². The minimum absolute atomic E-state index is 0.766. The first-order chi connectivity index (χ1) is 11.8. The van der Waals surface area contributed by atoms with Gasteiger partial charge in [0, 0.05) is 10.6 Å². The van der Waals surface area contributed by atoms with Crippen molar-refractivity contribution in [2.45, 2.75) is 13.1 Å². The molecule has 24 heavy (non-hydrogen) atoms. The lowest BCUT2D eigenvalue weighted by Crippen LogP contribution is -2.32. The van der Waals surface area contributed by atoms with Gasteiger partial charge < -0.3 is 0 Å². The molecular weight excluding hydrogens is 316 g/mol. The number of fused-ring (bicyclic) bond motifs is 1. The summed E-state index contributed by atoms with van der Waals surface area (Å²) in [5.41, 5.74) is 4.87. The van der Waals surface area contributed by atoms with Crippen molar-refractivity contribution in [2.24, 2.45) is 0 Å². The SMILES string of the molecule is Clc1ccccc1Cn1c[n+](Cc2ccccc2)c2ccccc21. The highest BCUT2D eigenvalue weighted by atomic mass is 35.5. The quantitative estimate of drug-likeness (QED) is 0.479. The van der Waals surface area contributed by atoms with Crippen LogP contribution in [-0.4, -0.2) is 4.57 Å². The van der Waals surface area contributed by atoms with E-state index in [4.69, 9.17) is 11.6 Å². The zero-order valence-corrected chi connectivity index (χ0v) is 14.0. The van der Waals surface area contributed by atoms with Crippen molar-refractivity contribution in [3.05, 3.63) is 101 Å². The van der Waals surface area contributed by atoms with Gasteiger partial charge in [0.05, 0.1) is 0 Å². The van der Waals surface area contributed by atoms with Gasteiger partial charge in [-0.15, -0.1) is 0 Å². The summed E-state index contributed by atoms with van der Waals surface area (Å²) in [5, 5.41) is 0.810. The fourth-order valence-electron chi connectivity index (χ4n) is 3.08. The summed E-state index contributed by atoms with van der Waals surface area (Å²) in [6.07, 6.45) is 2.18. The highest BCUT2D eigenvalue weighted by Crippen LogP contribution is 2.19. The molecule has 0 aliphatic rings. The molecule has 0 atom stereocenters. The highest BCUT2D eigenvalue weighted by Gasteiger charge is 2.16. The normalized spacial score (nSPS) is 11.0. The Morgan fingerprint density at radius 3 is 2.33 bits per heavy atom. The molecule has 0 aliphatic heterocycles. The lowest BCUT2D eigenvalue weighted by molar-refractivity contribution is -0.663. The number of aromatic nitrogens is 2. The van der Waals surface area contributed by atoms with Gasteiger partial charge in [-0.05, 0) is 23.8 Å². The van der Waals surface area contributed by atoms with Gasteiger partial charge in [0.25, 0.3) is 0 Å². The molecule has 0 fully saturated rings. The van der Waals surface area contributed by atoms with Crippen molar-refractivity contribution in [3.8, 4) is 0 Å². The van der Waals surface area contributed by atoms with Crippen LogP contribution >= 0.6 is 11.6 Å². The number of hydrogen-bond donors (Lipinski definition) is 0. The highest BCUT2D eigenvalue weighted by molar-refractivity contribution is 6.31. The van der Waals surface area contributed by atoms with E-state index >= 15 is 0 Å². The van der Waals surface area contributed by atoms with Crippen molar-refractivity contribution >= 4 is 22.6 Å². The van der Waals surface area contributed by atoms with Crippen LogP contribution in [0.25, 0.3) is 11.0 Å². The van der Waals surface area contributed by atoms with Gasteiger partial charge in [0.1, 0.15) is 13.1 Å². The molecule has 4 aromatic rings. The molecule has 4 rings (SSSR count). The molecule has 0 unspecified atom stereocenters. The molecule has 0 N–H and O–H groups in total. The van der Waals surface area contributed by atoms with Gasteiger partial charge in [0.2, 0.25) is 6.33 Å². The molecule has 0 saturated heterocycles. The van der Waals surface area contributed by atoms with Crippen molar-refractivity contribution in [1.82, 2.24) is 4.57 Å². The van der Waals surface area contributed by atoms with E-state index in [-0.39, 0.29) is 0 Å². The molecule has 0 aliphatic carbocycles. The number of imidazole rings is 1. The second-order valence-corrected chi connectivity index (χ2v) is 6.34. The van der Waals surface area contributed by atoms with E-state index < -0.39 is 0 Å². The Morgan fingerprint density at radius 1 is 0.792 bits per heavy atom. The third-order valence-corrected chi connectivity index (χ3v) is 4.64. The van der Waals surface area contributed by atoms with Gasteiger partial charge in [-0.2, -0.15) is 0 Å². The number of halogens is 1. The average molecular weight is 334 g/mol. The van der Waals surface area contributed by atoms with Crippen LogP contribution in [0.4, 0.5) is 0 Å². The first kappa shape index (κ1) is 15.0. The molecule has 1 heterocycles. The number of hydrogen-bond acceptors (Lipinski definition) is 0. The molecule has 2 nitrogen and oxygen atoms in total. The third kappa shape index (κ3) is 2.93. The molecular formula is C21H18ClN2+. The average Bonchev–Trinajstić information content (AvgIpc) is 2.96. The van der Waals surface area contributed by atoms with E-state index in [0.29, 0.717) is 0 Å². The number of rotatable bonds is 4. The maximum absolute atomic E-state index is 6.34. The molecule has 1 aromatic heterocycles. The van der Waals surface area contributed by atoms with Gasteiger partial charge in [-0.25, -0.2) is 9.13 Å². The molecule has 3 heteroatoms. The van der Waals surface area contributed by atoms with Crippen LogP contribution < -0.4 is 4.57 Å². The molecule has 0 radical (unpaired) electrons. The molecule has 0 spiro atoms. The Morgan fingerprint density at radius 2 is 1.50 bits per heavy atom. The van der Waals surface area contributed by atoms with Crippen molar-refractivity contribution in [1.29, 1.82) is 0 Å². The van der Waals surface area contributed by atoms with E-state index in [1.54, 1.807) is 0 Å². The topological polar surface area (TPSA) is 8.81 Å². The summed E-state index contributed by atoms with van der Waals surface area (Å²) in [6, 6.07) is 27.1. The number of nitrogens with zero attached hydrogens (tertiary/aromatic N) is 2. The van der Waals surface area contributed by atoms with Crippen molar-refractivity contribution < 1.29 is 4.57 Å². The van der Waals surface area contributed by atoms with Crippen LogP contribution in [0.3, 0.4) is 0 Å². The third-order valence-electron chi connectivity index (χ3n) is 4.27. The number of para-hydroxylation sites is 2. The summed E-state index contributed by atoms with van der Waals surface area (Å²) >= 11 is 6.34. The smallest absolute Gasteiger partial charge is 0.226 e. The Balaban J connectivity index is 1.75. The molecule has 0 saturated carbocycles. The van der Waals surface area contributed by atoms with E-state index in [1.807, 2.05) is 18.2 Å². The van der Waals surface area contributed by atoms with Crippen LogP contribution in [0.5, 0.6) is 0 Å². The van der Waals surface area contributed by atoms with E-state index in [1.165, 1.54) is 16.6 Å². The zero-order valence-electron chi connectivity index (χ0n) is 13.3. The van der Waals surface area contributed by atoms with E-state index in [9.17, 15) is 0 Å². The second-order valence-electron chi connectivity index (χ2n) is 5.94. The molecule has 3 aromatic carbocycles. The first-order valence-corrected chi connectivity index (χ1v) is 8.44. The Bertz CT molecular complexity index is 973. The van der Waals surface area contributed by atoms with Crippen LogP contribution in [0.1, 0.15) is 11.1 Å². The summed E-state index contributed by atoms with van der Waals surface area (Å²) < 4.78 is 4.56. The van der Waals surface area contributed by atoms with Crippen LogP contribution in [0.2, 0.25) is 5.02 Å². The first-order valence-electron chi connectivity index (χ1n) is 8.06. The van der Waals surface area contributed by atoms with Crippen molar-refractivity contribution in [3.63, 3.8) is 0 Å². The Kier molecular flexibility index (Phi) is 4.06. The second kappa shape index (κ2) is 6.50. The summed E-state index contributed by atoms with van der Waals surface area (Å²) in [6.45, 7) is 1.62. The Hall–Kier alpha value is -2.58. The lowest BCUT2D eigenvalue weighted by Gasteiger charge is -2.01.